The molecule has 2 fully saturated rings. The molecule has 2 heterocycles. The molecule has 4 rings (SSSR count). The molecule has 2 aliphatic rings. The molecule has 0 aromatic heterocycles. The number of carbonyl (C=O) groups is 2. The number of carbonyl (C=O) groups excluding carboxylic acids is 2. The van der Waals surface area contributed by atoms with Crippen molar-refractivity contribution in [2.45, 2.75) is 50.8 Å². The summed E-state index contributed by atoms with van der Waals surface area (Å²) in [5.41, 5.74) is 1.31. The lowest BCUT2D eigenvalue weighted by Crippen LogP contribution is -2.48. The van der Waals surface area contributed by atoms with Crippen molar-refractivity contribution in [3.8, 4) is 0 Å². The van der Waals surface area contributed by atoms with Gasteiger partial charge in [0.1, 0.15) is 6.61 Å². The Bertz CT molecular complexity index is 855. The van der Waals surface area contributed by atoms with E-state index in [2.05, 4.69) is 0 Å². The van der Waals surface area contributed by atoms with Crippen molar-refractivity contribution in [2.24, 2.45) is 5.92 Å². The molecule has 2 aromatic carbocycles. The highest BCUT2D eigenvalue weighted by molar-refractivity contribution is 5.98. The third-order valence-electron chi connectivity index (χ3n) is 5.97. The van der Waals surface area contributed by atoms with Gasteiger partial charge in [0.15, 0.2) is 5.78 Å². The van der Waals surface area contributed by atoms with Gasteiger partial charge in [-0.1, -0.05) is 54.6 Å². The van der Waals surface area contributed by atoms with Crippen molar-refractivity contribution in [2.75, 3.05) is 0 Å². The summed E-state index contributed by atoms with van der Waals surface area (Å²) in [5, 5.41) is 0. The number of fused-ring (bicyclic) bond motifs is 2. The molecule has 2 bridgehead atoms. The number of amides is 1. The lowest BCUT2D eigenvalue weighted by molar-refractivity contribution is 0.0485. The van der Waals surface area contributed by atoms with Crippen LogP contribution < -0.4 is 0 Å². The van der Waals surface area contributed by atoms with E-state index in [1.165, 1.54) is 24.3 Å². The van der Waals surface area contributed by atoms with Gasteiger partial charge in [-0.2, -0.15) is 0 Å². The fourth-order valence-corrected chi connectivity index (χ4v) is 4.51. The van der Waals surface area contributed by atoms with Gasteiger partial charge >= 0.3 is 6.09 Å². The number of alkyl halides is 2. The van der Waals surface area contributed by atoms with Gasteiger partial charge in [-0.15, -0.1) is 0 Å². The molecule has 0 N–H and O–H groups in total. The molecule has 0 spiro atoms. The number of hydrogen-bond donors (Lipinski definition) is 0. The van der Waals surface area contributed by atoms with Crippen LogP contribution in [0.2, 0.25) is 0 Å². The number of piperidine rings is 1. The standard InChI is InChI=1S/C23H23F2NO3/c24-22(25)17-8-6-16(7-9-17)21(27)18-12-19-10-11-20(13-18)26(19)23(28)29-14-15-4-2-1-3-5-15/h1-9,18-20,22H,10-14H2. The summed E-state index contributed by atoms with van der Waals surface area (Å²) in [4.78, 5) is 27.3. The molecule has 0 radical (unpaired) electrons. The average Bonchev–Trinajstić information content (AvgIpc) is 3.01. The van der Waals surface area contributed by atoms with Crippen LogP contribution in [0, 0.1) is 5.92 Å². The zero-order valence-electron chi connectivity index (χ0n) is 16.0. The summed E-state index contributed by atoms with van der Waals surface area (Å²) in [6.07, 6.45) is 0.0330. The van der Waals surface area contributed by atoms with Crippen molar-refractivity contribution in [3.05, 3.63) is 71.3 Å². The molecule has 29 heavy (non-hydrogen) atoms. The minimum atomic E-state index is -2.54. The molecule has 2 aromatic rings. The van der Waals surface area contributed by atoms with Crippen molar-refractivity contribution in [3.63, 3.8) is 0 Å². The van der Waals surface area contributed by atoms with Crippen LogP contribution in [0.25, 0.3) is 0 Å². The molecule has 2 aliphatic heterocycles. The minimum Gasteiger partial charge on any atom is -0.445 e. The van der Waals surface area contributed by atoms with Crippen molar-refractivity contribution >= 4 is 11.9 Å². The Morgan fingerprint density at radius 2 is 1.59 bits per heavy atom. The van der Waals surface area contributed by atoms with Crippen molar-refractivity contribution < 1.29 is 23.1 Å². The van der Waals surface area contributed by atoms with E-state index in [0.717, 1.165) is 18.4 Å². The second-order valence-electron chi connectivity index (χ2n) is 7.79. The Kier molecular flexibility index (Phi) is 5.60. The molecular formula is C23H23F2NO3. The van der Waals surface area contributed by atoms with Crippen LogP contribution in [0.1, 0.15) is 53.6 Å². The maximum Gasteiger partial charge on any atom is 0.410 e. The fourth-order valence-electron chi connectivity index (χ4n) is 4.51. The van der Waals surface area contributed by atoms with Gasteiger partial charge in [-0.3, -0.25) is 4.79 Å². The first-order valence-electron chi connectivity index (χ1n) is 9.94. The van der Waals surface area contributed by atoms with Crippen LogP contribution in [0.15, 0.2) is 54.6 Å². The Labute approximate surface area is 168 Å². The van der Waals surface area contributed by atoms with Gasteiger partial charge in [-0.25, -0.2) is 13.6 Å². The highest BCUT2D eigenvalue weighted by atomic mass is 19.3. The van der Waals surface area contributed by atoms with E-state index in [0.29, 0.717) is 18.4 Å². The highest BCUT2D eigenvalue weighted by Crippen LogP contribution is 2.40. The van der Waals surface area contributed by atoms with Crippen molar-refractivity contribution in [1.82, 2.24) is 4.90 Å². The number of benzene rings is 2. The molecule has 0 saturated carbocycles. The van der Waals surface area contributed by atoms with E-state index in [1.807, 2.05) is 30.3 Å². The van der Waals surface area contributed by atoms with Gasteiger partial charge in [-0.05, 0) is 31.2 Å². The molecule has 2 atom stereocenters. The zero-order valence-corrected chi connectivity index (χ0v) is 16.0. The maximum atomic E-state index is 12.9. The van der Waals surface area contributed by atoms with Crippen molar-refractivity contribution in [1.29, 1.82) is 0 Å². The summed E-state index contributed by atoms with van der Waals surface area (Å²) in [6, 6.07) is 15.1. The number of rotatable bonds is 5. The van der Waals surface area contributed by atoms with E-state index < -0.39 is 6.43 Å². The van der Waals surface area contributed by atoms with Gasteiger partial charge in [0, 0.05) is 29.1 Å². The third-order valence-corrected chi connectivity index (χ3v) is 5.97. The minimum absolute atomic E-state index is 0.00805. The summed E-state index contributed by atoms with van der Waals surface area (Å²) in [6.45, 7) is 0.231. The van der Waals surface area contributed by atoms with Crippen LogP contribution in [0.3, 0.4) is 0 Å². The largest absolute Gasteiger partial charge is 0.445 e. The summed E-state index contributed by atoms with van der Waals surface area (Å²) < 4.78 is 30.9. The van der Waals surface area contributed by atoms with Gasteiger partial charge in [0.05, 0.1) is 0 Å². The Balaban J connectivity index is 1.38. The van der Waals surface area contributed by atoms with Crippen LogP contribution >= 0.6 is 0 Å². The monoisotopic (exact) mass is 399 g/mol. The lowest BCUT2D eigenvalue weighted by Gasteiger charge is -2.37. The number of Topliss-reactive ketones (excluding diaryl/α,β-unsaturated/α-hetero) is 1. The number of nitrogens with zero attached hydrogens (tertiary/aromatic N) is 1. The van der Waals surface area contributed by atoms with Gasteiger partial charge in [0.25, 0.3) is 6.43 Å². The second-order valence-corrected chi connectivity index (χ2v) is 7.79. The van der Waals surface area contributed by atoms with E-state index in [9.17, 15) is 18.4 Å². The quantitative estimate of drug-likeness (QED) is 0.634. The normalized spacial score (nSPS) is 23.3. The second kappa shape index (κ2) is 8.31. The summed E-state index contributed by atoms with van der Waals surface area (Å²) >= 11 is 0. The third kappa shape index (κ3) is 4.16. The molecule has 1 amide bonds. The highest BCUT2D eigenvalue weighted by Gasteiger charge is 2.45. The molecule has 152 valence electrons. The van der Waals surface area contributed by atoms with Crippen LogP contribution in [-0.4, -0.2) is 28.9 Å². The molecular weight excluding hydrogens is 376 g/mol. The Morgan fingerprint density at radius 1 is 0.966 bits per heavy atom. The molecule has 2 saturated heterocycles. The first-order valence-corrected chi connectivity index (χ1v) is 9.94. The smallest absolute Gasteiger partial charge is 0.410 e. The summed E-state index contributed by atoms with van der Waals surface area (Å²) in [5.74, 6) is -0.219. The number of ether oxygens (including phenoxy) is 1. The maximum absolute atomic E-state index is 12.9. The van der Waals surface area contributed by atoms with E-state index >= 15 is 0 Å². The fraction of sp³-hybridized carbons (Fsp3) is 0.391. The van der Waals surface area contributed by atoms with Crippen LogP contribution in [-0.2, 0) is 11.3 Å². The molecule has 2 unspecified atom stereocenters. The van der Waals surface area contributed by atoms with E-state index in [4.69, 9.17) is 4.74 Å². The molecule has 6 heteroatoms. The topological polar surface area (TPSA) is 46.6 Å². The van der Waals surface area contributed by atoms with Gasteiger partial charge < -0.3 is 9.64 Å². The number of halogens is 2. The van der Waals surface area contributed by atoms with E-state index in [1.54, 1.807) is 4.90 Å². The SMILES string of the molecule is O=C(c1ccc(C(F)F)cc1)C1CC2CCC(C1)N2C(=O)OCc1ccccc1. The Morgan fingerprint density at radius 3 is 2.17 bits per heavy atom. The predicted octanol–water partition coefficient (Wildman–Crippen LogP) is 5.39. The predicted molar refractivity (Wildman–Crippen MR) is 104 cm³/mol. The van der Waals surface area contributed by atoms with E-state index in [-0.39, 0.29) is 42.0 Å². The van der Waals surface area contributed by atoms with Crippen LogP contribution in [0.5, 0.6) is 0 Å². The zero-order chi connectivity index (χ0) is 20.4. The Hall–Kier alpha value is -2.76. The number of hydrogen-bond acceptors (Lipinski definition) is 3. The van der Waals surface area contributed by atoms with Crippen LogP contribution in [0.4, 0.5) is 13.6 Å². The molecule has 4 nitrogen and oxygen atoms in total. The number of ketones is 1. The molecule has 0 aliphatic carbocycles. The first-order chi connectivity index (χ1) is 14.0. The first kappa shape index (κ1) is 19.6. The lowest BCUT2D eigenvalue weighted by atomic mass is 9.85. The van der Waals surface area contributed by atoms with Gasteiger partial charge in [0.2, 0.25) is 0 Å². The average molecular weight is 399 g/mol. The summed E-state index contributed by atoms with van der Waals surface area (Å²) in [7, 11) is 0.